The van der Waals surface area contributed by atoms with Crippen molar-refractivity contribution < 1.29 is 29.0 Å². The zero-order valence-electron chi connectivity index (χ0n) is 18.7. The molecule has 33 heavy (non-hydrogen) atoms. The Morgan fingerprint density at radius 1 is 1.12 bits per heavy atom. The summed E-state index contributed by atoms with van der Waals surface area (Å²) in [6.45, 7) is 2.10. The number of methoxy groups -OCH3 is 1. The van der Waals surface area contributed by atoms with Crippen LogP contribution in [0.25, 0.3) is 11.1 Å². The Morgan fingerprint density at radius 2 is 1.73 bits per heavy atom. The highest BCUT2D eigenvalue weighted by Gasteiger charge is 2.47. The fraction of sp³-hybridized carbons (Fsp3) is 0.400. The van der Waals surface area contributed by atoms with Gasteiger partial charge in [0, 0.05) is 26.1 Å². The van der Waals surface area contributed by atoms with E-state index in [2.05, 4.69) is 17.4 Å². The number of rotatable bonds is 7. The summed E-state index contributed by atoms with van der Waals surface area (Å²) in [5.41, 5.74) is 3.37. The van der Waals surface area contributed by atoms with Crippen molar-refractivity contribution in [2.24, 2.45) is 5.41 Å². The van der Waals surface area contributed by atoms with Gasteiger partial charge in [0.2, 0.25) is 5.91 Å². The summed E-state index contributed by atoms with van der Waals surface area (Å²) >= 11 is 0. The monoisotopic (exact) mass is 452 g/mol. The number of carboxylic acids is 1. The third-order valence-electron chi connectivity index (χ3n) is 6.59. The maximum atomic E-state index is 12.8. The number of hydrogen-bond acceptors (Lipinski definition) is 5. The number of carbonyl (C=O) groups is 3. The Labute approximate surface area is 192 Å². The van der Waals surface area contributed by atoms with Gasteiger partial charge in [0.1, 0.15) is 18.1 Å². The van der Waals surface area contributed by atoms with E-state index in [-0.39, 0.29) is 31.6 Å². The van der Waals surface area contributed by atoms with Crippen molar-refractivity contribution in [1.82, 2.24) is 10.2 Å². The van der Waals surface area contributed by atoms with Gasteiger partial charge in [-0.05, 0) is 35.6 Å². The first-order valence-electron chi connectivity index (χ1n) is 11.0. The predicted molar refractivity (Wildman–Crippen MR) is 121 cm³/mol. The molecule has 1 heterocycles. The Hall–Kier alpha value is -3.39. The molecule has 2 amide bonds. The van der Waals surface area contributed by atoms with Crippen LogP contribution in [0, 0.1) is 5.41 Å². The van der Waals surface area contributed by atoms with Crippen molar-refractivity contribution in [2.45, 2.75) is 25.3 Å². The maximum Gasteiger partial charge on any atom is 0.407 e. The summed E-state index contributed by atoms with van der Waals surface area (Å²) in [7, 11) is 1.44. The van der Waals surface area contributed by atoms with Gasteiger partial charge in [0.05, 0.1) is 6.61 Å². The zero-order chi connectivity index (χ0) is 23.6. The van der Waals surface area contributed by atoms with Gasteiger partial charge < -0.3 is 24.8 Å². The minimum Gasteiger partial charge on any atom is -0.481 e. The summed E-state index contributed by atoms with van der Waals surface area (Å²) < 4.78 is 10.6. The molecule has 2 aromatic carbocycles. The molecule has 0 bridgehead atoms. The van der Waals surface area contributed by atoms with E-state index in [1.165, 1.54) is 12.0 Å². The highest BCUT2D eigenvalue weighted by Crippen LogP contribution is 2.44. The molecule has 2 aromatic rings. The summed E-state index contributed by atoms with van der Waals surface area (Å²) in [6.07, 6.45) is -0.377. The van der Waals surface area contributed by atoms with Crippen molar-refractivity contribution in [3.05, 3.63) is 59.7 Å². The molecule has 0 aromatic heterocycles. The molecule has 2 N–H and O–H groups in total. The molecule has 1 aliphatic carbocycles. The number of alkyl carbamates (subject to hydrolysis) is 1. The lowest BCUT2D eigenvalue weighted by Crippen LogP contribution is -2.48. The van der Waals surface area contributed by atoms with Gasteiger partial charge in [-0.1, -0.05) is 48.5 Å². The van der Waals surface area contributed by atoms with E-state index in [1.807, 2.05) is 36.4 Å². The molecular weight excluding hydrogens is 424 g/mol. The number of ether oxygens (including phenoxy) is 2. The molecule has 0 spiro atoms. The van der Waals surface area contributed by atoms with Crippen molar-refractivity contribution >= 4 is 18.0 Å². The summed E-state index contributed by atoms with van der Waals surface area (Å²) in [6, 6.07) is 15.3. The number of carbonyl (C=O) groups excluding carboxylic acids is 2. The molecule has 1 fully saturated rings. The molecule has 1 aliphatic heterocycles. The molecule has 1 saturated heterocycles. The lowest BCUT2D eigenvalue weighted by molar-refractivity contribution is -0.151. The Bertz CT molecular complexity index is 1020. The molecular formula is C25H28N2O6. The van der Waals surface area contributed by atoms with Gasteiger partial charge >= 0.3 is 12.1 Å². The van der Waals surface area contributed by atoms with Gasteiger partial charge in [0.25, 0.3) is 0 Å². The van der Waals surface area contributed by atoms with E-state index in [4.69, 9.17) is 9.47 Å². The largest absolute Gasteiger partial charge is 0.481 e. The van der Waals surface area contributed by atoms with Crippen molar-refractivity contribution in [2.75, 3.05) is 33.4 Å². The molecule has 2 unspecified atom stereocenters. The summed E-state index contributed by atoms with van der Waals surface area (Å²) in [5.74, 6) is -1.41. The number of nitrogens with one attached hydrogen (secondary N) is 1. The summed E-state index contributed by atoms with van der Waals surface area (Å²) in [4.78, 5) is 38.4. The number of nitrogens with zero attached hydrogens (tertiary/aromatic N) is 1. The Balaban J connectivity index is 1.35. The molecule has 0 saturated carbocycles. The molecule has 8 nitrogen and oxygen atoms in total. The van der Waals surface area contributed by atoms with E-state index in [1.54, 1.807) is 6.92 Å². The fourth-order valence-corrected chi connectivity index (χ4v) is 4.84. The van der Waals surface area contributed by atoms with Gasteiger partial charge in [-0.25, -0.2) is 4.79 Å². The van der Waals surface area contributed by atoms with Crippen LogP contribution < -0.4 is 5.32 Å². The van der Waals surface area contributed by atoms with E-state index >= 15 is 0 Å². The topological polar surface area (TPSA) is 105 Å². The van der Waals surface area contributed by atoms with Crippen LogP contribution in [-0.4, -0.2) is 67.4 Å². The van der Waals surface area contributed by atoms with Crippen LogP contribution in [0.2, 0.25) is 0 Å². The van der Waals surface area contributed by atoms with Gasteiger partial charge in [-0.15, -0.1) is 0 Å². The van der Waals surface area contributed by atoms with Gasteiger partial charge in [-0.3, -0.25) is 9.59 Å². The summed E-state index contributed by atoms with van der Waals surface area (Å²) in [5, 5.41) is 12.2. The third-order valence-corrected chi connectivity index (χ3v) is 6.59. The number of likely N-dealkylation sites (tertiary alicyclic amines) is 1. The average molecular weight is 453 g/mol. The molecule has 2 aliphatic rings. The highest BCUT2D eigenvalue weighted by atomic mass is 16.5. The van der Waals surface area contributed by atoms with E-state index < -0.39 is 23.5 Å². The number of fused-ring (bicyclic) bond motifs is 3. The lowest BCUT2D eigenvalue weighted by atomic mass is 9.88. The van der Waals surface area contributed by atoms with Crippen LogP contribution in [0.15, 0.2) is 48.5 Å². The molecule has 2 atom stereocenters. The van der Waals surface area contributed by atoms with Crippen molar-refractivity contribution in [1.29, 1.82) is 0 Å². The van der Waals surface area contributed by atoms with Crippen LogP contribution in [0.5, 0.6) is 0 Å². The van der Waals surface area contributed by atoms with Crippen LogP contribution in [0.1, 0.15) is 30.4 Å². The van der Waals surface area contributed by atoms with Crippen LogP contribution >= 0.6 is 0 Å². The van der Waals surface area contributed by atoms with Crippen molar-refractivity contribution in [3.63, 3.8) is 0 Å². The average Bonchev–Trinajstić information content (AvgIpc) is 3.38. The first-order valence-corrected chi connectivity index (χ1v) is 11.0. The third kappa shape index (κ3) is 4.30. The lowest BCUT2D eigenvalue weighted by Gasteiger charge is -2.25. The highest BCUT2D eigenvalue weighted by molar-refractivity contribution is 5.87. The number of hydrogen-bond donors (Lipinski definition) is 2. The minimum atomic E-state index is -1.12. The normalized spacial score (nSPS) is 20.1. The SMILES string of the molecule is COCC1(C(=O)O)CCN(C(=O)C(C)NC(=O)OCC2c3ccccc3-c3ccccc32)C1. The zero-order valence-corrected chi connectivity index (χ0v) is 18.7. The van der Waals surface area contributed by atoms with Gasteiger partial charge in [-0.2, -0.15) is 0 Å². The molecule has 8 heteroatoms. The number of aliphatic carboxylic acids is 1. The molecule has 0 radical (unpaired) electrons. The second-order valence-corrected chi connectivity index (χ2v) is 8.72. The van der Waals surface area contributed by atoms with E-state index in [9.17, 15) is 19.5 Å². The smallest absolute Gasteiger partial charge is 0.407 e. The van der Waals surface area contributed by atoms with Gasteiger partial charge in [0.15, 0.2) is 0 Å². The van der Waals surface area contributed by atoms with E-state index in [0.717, 1.165) is 22.3 Å². The number of carboxylic acid groups (broad SMARTS) is 1. The van der Waals surface area contributed by atoms with Crippen molar-refractivity contribution in [3.8, 4) is 11.1 Å². The maximum absolute atomic E-state index is 12.8. The van der Waals surface area contributed by atoms with Crippen LogP contribution in [-0.2, 0) is 19.1 Å². The Kier molecular flexibility index (Phi) is 6.37. The first kappa shape index (κ1) is 22.8. The van der Waals surface area contributed by atoms with Crippen LogP contribution in [0.4, 0.5) is 4.79 Å². The molecule has 4 rings (SSSR count). The number of amides is 2. The first-order chi connectivity index (χ1) is 15.9. The Morgan fingerprint density at radius 3 is 2.30 bits per heavy atom. The number of benzene rings is 2. The quantitative estimate of drug-likeness (QED) is 0.669. The second kappa shape index (κ2) is 9.23. The van der Waals surface area contributed by atoms with E-state index in [0.29, 0.717) is 13.0 Å². The predicted octanol–water partition coefficient (Wildman–Crippen LogP) is 2.86. The van der Waals surface area contributed by atoms with Crippen LogP contribution in [0.3, 0.4) is 0 Å². The second-order valence-electron chi connectivity index (χ2n) is 8.72. The fourth-order valence-electron chi connectivity index (χ4n) is 4.84. The standard InChI is InChI=1S/C25H28N2O6/c1-16(22(28)27-12-11-25(14-27,15-32-2)23(29)30)26-24(31)33-13-21-19-9-5-3-7-17(19)18-8-4-6-10-20(18)21/h3-10,16,21H,11-15H2,1-2H3,(H,26,31)(H,29,30). The minimum absolute atomic E-state index is 0.0281. The molecule has 174 valence electrons.